The summed E-state index contributed by atoms with van der Waals surface area (Å²) in [6.07, 6.45) is 0. The minimum Gasteiger partial charge on any atom is -0.383 e. The number of carbonyl (C=O) groups is 1. The van der Waals surface area contributed by atoms with Crippen molar-refractivity contribution in [3.05, 3.63) is 52.5 Å². The molecule has 26 heavy (non-hydrogen) atoms. The highest BCUT2D eigenvalue weighted by Crippen LogP contribution is 2.22. The van der Waals surface area contributed by atoms with Crippen LogP contribution in [0.1, 0.15) is 15.9 Å². The molecule has 1 heterocycles. The zero-order valence-electron chi connectivity index (χ0n) is 14.6. The third-order valence-corrected chi connectivity index (χ3v) is 4.29. The quantitative estimate of drug-likeness (QED) is 0.622. The minimum atomic E-state index is -0.215. The Morgan fingerprint density at radius 3 is 2.88 bits per heavy atom. The first-order valence-electron chi connectivity index (χ1n) is 8.17. The Morgan fingerprint density at radius 2 is 2.12 bits per heavy atom. The lowest BCUT2D eigenvalue weighted by atomic mass is 10.1. The lowest BCUT2D eigenvalue weighted by molar-refractivity contribution is 0.0937. The molecule has 7 nitrogen and oxygen atoms in total. The highest BCUT2D eigenvalue weighted by molar-refractivity contribution is 6.34. The Balaban J connectivity index is 1.65. The van der Waals surface area contributed by atoms with E-state index in [1.54, 1.807) is 23.9 Å². The summed E-state index contributed by atoms with van der Waals surface area (Å²) >= 11 is 6.25. The second-order valence-corrected chi connectivity index (χ2v) is 6.24. The number of ether oxygens (including phenoxy) is 1. The average molecular weight is 374 g/mol. The lowest BCUT2D eigenvalue weighted by Crippen LogP contribution is -2.27. The van der Waals surface area contributed by atoms with Crippen molar-refractivity contribution >= 4 is 34.2 Å². The third-order valence-electron chi connectivity index (χ3n) is 3.98. The highest BCUT2D eigenvalue weighted by Gasteiger charge is 2.10. The number of anilines is 1. The molecule has 0 atom stereocenters. The maximum atomic E-state index is 12.1. The predicted molar refractivity (Wildman–Crippen MR) is 101 cm³/mol. The van der Waals surface area contributed by atoms with Gasteiger partial charge in [0.2, 0.25) is 0 Å². The Bertz CT molecular complexity index is 925. The summed E-state index contributed by atoms with van der Waals surface area (Å²) in [5.74, 6) is -0.215. The standard InChI is InChI=1S/C18H20ClN5O2/c1-24-17-9-12(3-6-16(17)22-23-24)11-21-13-4-5-14(15(19)10-13)18(25)20-7-8-26-2/h3-6,9-10,21H,7-8,11H2,1-2H3,(H,20,25). The molecule has 8 heteroatoms. The first kappa shape index (κ1) is 18.2. The van der Waals surface area contributed by atoms with Crippen LogP contribution in [0.5, 0.6) is 0 Å². The number of rotatable bonds is 7. The second-order valence-electron chi connectivity index (χ2n) is 5.83. The van der Waals surface area contributed by atoms with Gasteiger partial charge in [-0.3, -0.25) is 4.79 Å². The summed E-state index contributed by atoms with van der Waals surface area (Å²) < 4.78 is 6.66. The van der Waals surface area contributed by atoms with Crippen LogP contribution in [0.3, 0.4) is 0 Å². The molecule has 0 saturated heterocycles. The van der Waals surface area contributed by atoms with Gasteiger partial charge in [0.1, 0.15) is 5.52 Å². The van der Waals surface area contributed by atoms with Gasteiger partial charge < -0.3 is 15.4 Å². The molecule has 0 unspecified atom stereocenters. The Hall–Kier alpha value is -2.64. The summed E-state index contributed by atoms with van der Waals surface area (Å²) in [5.41, 5.74) is 4.22. The third kappa shape index (κ3) is 4.12. The number of fused-ring (bicyclic) bond motifs is 1. The number of hydrogen-bond acceptors (Lipinski definition) is 5. The Kier molecular flexibility index (Phi) is 5.70. The van der Waals surface area contributed by atoms with Crippen molar-refractivity contribution in [3.63, 3.8) is 0 Å². The summed E-state index contributed by atoms with van der Waals surface area (Å²) in [6, 6.07) is 11.3. The van der Waals surface area contributed by atoms with E-state index in [1.165, 1.54) is 0 Å². The number of carbonyl (C=O) groups excluding carboxylic acids is 1. The van der Waals surface area contributed by atoms with Crippen LogP contribution in [0.15, 0.2) is 36.4 Å². The Labute approximate surface area is 156 Å². The number of halogens is 1. The first-order chi connectivity index (χ1) is 12.6. The van der Waals surface area contributed by atoms with E-state index < -0.39 is 0 Å². The number of methoxy groups -OCH3 is 1. The van der Waals surface area contributed by atoms with Gasteiger partial charge in [0.15, 0.2) is 0 Å². The molecule has 2 aromatic carbocycles. The van der Waals surface area contributed by atoms with Gasteiger partial charge in [0, 0.05) is 32.9 Å². The van der Waals surface area contributed by atoms with Crippen molar-refractivity contribution in [1.82, 2.24) is 20.3 Å². The molecule has 2 N–H and O–H groups in total. The fourth-order valence-corrected chi connectivity index (χ4v) is 2.83. The number of benzene rings is 2. The van der Waals surface area contributed by atoms with Gasteiger partial charge in [-0.1, -0.05) is 22.9 Å². The van der Waals surface area contributed by atoms with E-state index in [-0.39, 0.29) is 5.91 Å². The largest absolute Gasteiger partial charge is 0.383 e. The van der Waals surface area contributed by atoms with Crippen LogP contribution in [0.25, 0.3) is 11.0 Å². The molecule has 3 rings (SSSR count). The molecular formula is C18H20ClN5O2. The molecule has 1 aromatic heterocycles. The lowest BCUT2D eigenvalue weighted by Gasteiger charge is -2.10. The number of amides is 1. The van der Waals surface area contributed by atoms with Gasteiger partial charge in [-0.05, 0) is 35.9 Å². The maximum Gasteiger partial charge on any atom is 0.252 e. The van der Waals surface area contributed by atoms with E-state index in [2.05, 4.69) is 20.9 Å². The van der Waals surface area contributed by atoms with Gasteiger partial charge in [-0.15, -0.1) is 5.10 Å². The predicted octanol–water partition coefficient (Wildman–Crippen LogP) is 2.61. The smallest absolute Gasteiger partial charge is 0.252 e. The fourth-order valence-electron chi connectivity index (χ4n) is 2.56. The fraction of sp³-hybridized carbons (Fsp3) is 0.278. The van der Waals surface area contributed by atoms with E-state index >= 15 is 0 Å². The first-order valence-corrected chi connectivity index (χ1v) is 8.55. The van der Waals surface area contributed by atoms with Gasteiger partial charge in [0.05, 0.1) is 22.7 Å². The molecule has 0 aliphatic carbocycles. The normalized spacial score (nSPS) is 10.9. The summed E-state index contributed by atoms with van der Waals surface area (Å²) in [7, 11) is 3.45. The number of aromatic nitrogens is 3. The zero-order chi connectivity index (χ0) is 18.5. The van der Waals surface area contributed by atoms with Gasteiger partial charge in [-0.2, -0.15) is 0 Å². The van der Waals surface area contributed by atoms with Crippen molar-refractivity contribution in [3.8, 4) is 0 Å². The number of nitrogens with zero attached hydrogens (tertiary/aromatic N) is 3. The molecule has 136 valence electrons. The molecule has 0 fully saturated rings. The topological polar surface area (TPSA) is 81.1 Å². The van der Waals surface area contributed by atoms with Crippen molar-refractivity contribution < 1.29 is 9.53 Å². The van der Waals surface area contributed by atoms with Crippen LogP contribution < -0.4 is 10.6 Å². The summed E-state index contributed by atoms with van der Waals surface area (Å²) in [4.78, 5) is 12.1. The summed E-state index contributed by atoms with van der Waals surface area (Å²) in [5, 5.41) is 14.5. The molecule has 3 aromatic rings. The molecular weight excluding hydrogens is 354 g/mol. The molecule has 0 saturated carbocycles. The van der Waals surface area contributed by atoms with Crippen LogP contribution >= 0.6 is 11.6 Å². The summed E-state index contributed by atoms with van der Waals surface area (Å²) in [6.45, 7) is 1.52. The molecule has 0 bridgehead atoms. The SMILES string of the molecule is COCCNC(=O)c1ccc(NCc2ccc3nnn(C)c3c2)cc1Cl. The van der Waals surface area contributed by atoms with Crippen molar-refractivity contribution in [2.45, 2.75) is 6.54 Å². The van der Waals surface area contributed by atoms with Crippen molar-refractivity contribution in [1.29, 1.82) is 0 Å². The van der Waals surface area contributed by atoms with Crippen molar-refractivity contribution in [2.75, 3.05) is 25.6 Å². The average Bonchev–Trinajstić information content (AvgIpc) is 3.01. The van der Waals surface area contributed by atoms with Crippen LogP contribution in [-0.2, 0) is 18.3 Å². The van der Waals surface area contributed by atoms with E-state index in [0.29, 0.717) is 30.3 Å². The van der Waals surface area contributed by atoms with E-state index in [4.69, 9.17) is 16.3 Å². The maximum absolute atomic E-state index is 12.1. The van der Waals surface area contributed by atoms with Gasteiger partial charge in [-0.25, -0.2) is 4.68 Å². The molecule has 1 amide bonds. The van der Waals surface area contributed by atoms with Gasteiger partial charge in [0.25, 0.3) is 5.91 Å². The molecule has 0 aliphatic heterocycles. The number of hydrogen-bond donors (Lipinski definition) is 2. The van der Waals surface area contributed by atoms with Crippen LogP contribution in [0.4, 0.5) is 5.69 Å². The van der Waals surface area contributed by atoms with Gasteiger partial charge >= 0.3 is 0 Å². The van der Waals surface area contributed by atoms with Crippen molar-refractivity contribution in [2.24, 2.45) is 7.05 Å². The van der Waals surface area contributed by atoms with Crippen LogP contribution in [0.2, 0.25) is 5.02 Å². The molecule has 0 aliphatic rings. The van der Waals surface area contributed by atoms with E-state index in [1.807, 2.05) is 31.3 Å². The minimum absolute atomic E-state index is 0.215. The zero-order valence-corrected chi connectivity index (χ0v) is 15.4. The van der Waals surface area contributed by atoms with Crippen LogP contribution in [0, 0.1) is 0 Å². The highest BCUT2D eigenvalue weighted by atomic mass is 35.5. The van der Waals surface area contributed by atoms with E-state index in [9.17, 15) is 4.79 Å². The number of nitrogens with one attached hydrogen (secondary N) is 2. The van der Waals surface area contributed by atoms with E-state index in [0.717, 1.165) is 22.3 Å². The molecule has 0 radical (unpaired) electrons. The molecule has 0 spiro atoms. The number of aryl methyl sites for hydroxylation is 1. The second kappa shape index (κ2) is 8.16. The monoisotopic (exact) mass is 373 g/mol. The van der Waals surface area contributed by atoms with Crippen LogP contribution in [-0.4, -0.2) is 41.2 Å². The Morgan fingerprint density at radius 1 is 1.27 bits per heavy atom.